The van der Waals surface area contributed by atoms with Crippen molar-refractivity contribution in [1.82, 2.24) is 0 Å². The van der Waals surface area contributed by atoms with Crippen molar-refractivity contribution in [3.63, 3.8) is 0 Å². The van der Waals surface area contributed by atoms with Crippen LogP contribution in [0, 0.1) is 41.9 Å². The van der Waals surface area contributed by atoms with Crippen LogP contribution in [0.3, 0.4) is 0 Å². The number of benzene rings is 1. The SMILES string of the molecule is C#CC#CC#CBr.Cc1cccc(Br)c1. The highest BCUT2D eigenvalue weighted by Gasteiger charge is 1.82. The van der Waals surface area contributed by atoms with Crippen LogP contribution >= 0.6 is 31.9 Å². The zero-order valence-corrected chi connectivity index (χ0v) is 11.3. The van der Waals surface area contributed by atoms with Crippen LogP contribution in [0.4, 0.5) is 0 Å². The molecule has 0 unspecified atom stereocenters. The molecule has 1 aromatic carbocycles. The molecule has 0 heterocycles. The van der Waals surface area contributed by atoms with Gasteiger partial charge in [-0.2, -0.15) is 0 Å². The second kappa shape index (κ2) is 9.42. The standard InChI is InChI=1S/C7H7Br.C6HBr/c1-6-3-2-4-7(8)5-6;1-2-3-4-5-6-7/h2-5H,1H3;1H. The van der Waals surface area contributed by atoms with Gasteiger partial charge in [-0.25, -0.2) is 0 Å². The molecule has 0 N–H and O–H groups in total. The van der Waals surface area contributed by atoms with Crippen molar-refractivity contribution in [3.05, 3.63) is 34.3 Å². The minimum atomic E-state index is 1.15. The Morgan fingerprint density at radius 3 is 2.33 bits per heavy atom. The van der Waals surface area contributed by atoms with E-state index in [9.17, 15) is 0 Å². The number of aryl methyl sites for hydroxylation is 1. The van der Waals surface area contributed by atoms with E-state index in [1.807, 2.05) is 12.1 Å². The van der Waals surface area contributed by atoms with Crippen LogP contribution in [-0.2, 0) is 0 Å². The topological polar surface area (TPSA) is 0 Å². The summed E-state index contributed by atoms with van der Waals surface area (Å²) in [6.45, 7) is 2.07. The Morgan fingerprint density at radius 1 is 1.20 bits per heavy atom. The summed E-state index contributed by atoms with van der Waals surface area (Å²) in [7, 11) is 0. The maximum absolute atomic E-state index is 4.76. The quantitative estimate of drug-likeness (QED) is 0.638. The van der Waals surface area contributed by atoms with Gasteiger partial charge in [-0.15, -0.1) is 6.42 Å². The molecule has 0 fully saturated rings. The molecule has 0 nitrogen and oxygen atoms in total. The summed E-state index contributed by atoms with van der Waals surface area (Å²) in [5.74, 6) is 9.24. The van der Waals surface area contributed by atoms with Gasteiger partial charge in [-0.3, -0.25) is 0 Å². The maximum atomic E-state index is 4.76. The van der Waals surface area contributed by atoms with Gasteiger partial charge in [0.2, 0.25) is 0 Å². The predicted octanol–water partition coefficient (Wildman–Crippen LogP) is 3.74. The monoisotopic (exact) mass is 322 g/mol. The molecular formula is C13H8Br2. The summed E-state index contributed by atoms with van der Waals surface area (Å²) >= 11 is 6.21. The molecule has 0 aliphatic carbocycles. The molecule has 0 bridgehead atoms. The fourth-order valence-electron chi connectivity index (χ4n) is 0.696. The molecule has 2 heteroatoms. The number of hydrogen-bond acceptors (Lipinski definition) is 0. The average Bonchev–Trinajstić information content (AvgIpc) is 2.19. The lowest BCUT2D eigenvalue weighted by atomic mass is 10.2. The fraction of sp³-hybridized carbons (Fsp3) is 0.0769. The smallest absolute Gasteiger partial charge is 0.0177 e. The van der Waals surface area contributed by atoms with Crippen molar-refractivity contribution in [2.45, 2.75) is 6.92 Å². The lowest BCUT2D eigenvalue weighted by Gasteiger charge is -1.89. The molecule has 0 saturated heterocycles. The van der Waals surface area contributed by atoms with E-state index in [2.05, 4.69) is 79.4 Å². The summed E-state index contributed by atoms with van der Waals surface area (Å²) in [5, 5.41) is 0. The first-order chi connectivity index (χ1) is 7.20. The summed E-state index contributed by atoms with van der Waals surface area (Å²) in [5.41, 5.74) is 1.29. The van der Waals surface area contributed by atoms with Crippen molar-refractivity contribution in [2.24, 2.45) is 0 Å². The highest BCUT2D eigenvalue weighted by Crippen LogP contribution is 2.09. The van der Waals surface area contributed by atoms with Crippen molar-refractivity contribution < 1.29 is 0 Å². The third kappa shape index (κ3) is 9.17. The summed E-state index contributed by atoms with van der Waals surface area (Å²) < 4.78 is 1.15. The molecule has 0 aliphatic heterocycles. The molecule has 74 valence electrons. The zero-order valence-electron chi connectivity index (χ0n) is 8.14. The first kappa shape index (κ1) is 13.9. The van der Waals surface area contributed by atoms with E-state index < -0.39 is 0 Å². The minimum absolute atomic E-state index is 1.15. The molecular weight excluding hydrogens is 316 g/mol. The van der Waals surface area contributed by atoms with Gasteiger partial charge in [0.05, 0.1) is 0 Å². The second-order valence-electron chi connectivity index (χ2n) is 2.41. The predicted molar refractivity (Wildman–Crippen MR) is 72.2 cm³/mol. The van der Waals surface area contributed by atoms with Gasteiger partial charge in [-0.1, -0.05) is 33.6 Å². The van der Waals surface area contributed by atoms with E-state index >= 15 is 0 Å². The van der Waals surface area contributed by atoms with E-state index in [4.69, 9.17) is 6.42 Å². The van der Waals surface area contributed by atoms with Crippen LogP contribution in [0.2, 0.25) is 0 Å². The van der Waals surface area contributed by atoms with Crippen molar-refractivity contribution >= 4 is 31.9 Å². The van der Waals surface area contributed by atoms with Crippen LogP contribution in [-0.4, -0.2) is 0 Å². The number of rotatable bonds is 0. The maximum Gasteiger partial charge on any atom is 0.0177 e. The number of halogens is 2. The molecule has 0 amide bonds. The minimum Gasteiger partial charge on any atom is -0.106 e. The van der Waals surface area contributed by atoms with Crippen molar-refractivity contribution in [1.29, 1.82) is 0 Å². The van der Waals surface area contributed by atoms with Crippen LogP contribution in [0.15, 0.2) is 28.7 Å². The highest BCUT2D eigenvalue weighted by molar-refractivity contribution is 9.12. The molecule has 0 spiro atoms. The molecule has 0 atom stereocenters. The number of terminal acetylenes is 1. The molecule has 1 aromatic rings. The third-order valence-corrected chi connectivity index (χ3v) is 1.92. The van der Waals surface area contributed by atoms with Crippen molar-refractivity contribution in [3.8, 4) is 34.9 Å². The Kier molecular flexibility index (Phi) is 8.70. The van der Waals surface area contributed by atoms with Crippen LogP contribution in [0.5, 0.6) is 0 Å². The number of hydrogen-bond donors (Lipinski definition) is 0. The Balaban J connectivity index is 0.000000265. The van der Waals surface area contributed by atoms with Gasteiger partial charge in [0, 0.05) is 20.4 Å². The Labute approximate surface area is 108 Å². The molecule has 0 saturated carbocycles. The third-order valence-electron chi connectivity index (χ3n) is 1.22. The van der Waals surface area contributed by atoms with Gasteiger partial charge in [0.1, 0.15) is 0 Å². The molecule has 0 aromatic heterocycles. The average molecular weight is 324 g/mol. The van der Waals surface area contributed by atoms with Crippen LogP contribution < -0.4 is 0 Å². The summed E-state index contributed by atoms with van der Waals surface area (Å²) in [6.07, 6.45) is 4.76. The first-order valence-electron chi connectivity index (χ1n) is 3.99. The molecule has 0 radical (unpaired) electrons. The van der Waals surface area contributed by atoms with E-state index in [-0.39, 0.29) is 0 Å². The van der Waals surface area contributed by atoms with Crippen LogP contribution in [0.25, 0.3) is 0 Å². The van der Waals surface area contributed by atoms with E-state index in [1.54, 1.807) is 0 Å². The van der Waals surface area contributed by atoms with E-state index in [0.717, 1.165) is 4.47 Å². The highest BCUT2D eigenvalue weighted by atomic mass is 79.9. The molecule has 15 heavy (non-hydrogen) atoms. The molecule has 1 rings (SSSR count). The second-order valence-corrected chi connectivity index (χ2v) is 3.73. The Morgan fingerprint density at radius 2 is 1.93 bits per heavy atom. The van der Waals surface area contributed by atoms with Gasteiger partial charge in [0.25, 0.3) is 0 Å². The summed E-state index contributed by atoms with van der Waals surface area (Å²) in [6, 6.07) is 8.21. The van der Waals surface area contributed by atoms with Crippen LogP contribution in [0.1, 0.15) is 5.56 Å². The first-order valence-corrected chi connectivity index (χ1v) is 5.57. The van der Waals surface area contributed by atoms with Gasteiger partial charge in [-0.05, 0) is 47.6 Å². The Bertz CT molecular complexity index is 442. The lowest BCUT2D eigenvalue weighted by molar-refractivity contribution is 1.45. The fourth-order valence-corrected chi connectivity index (χ4v) is 1.31. The van der Waals surface area contributed by atoms with Gasteiger partial charge >= 0.3 is 0 Å². The van der Waals surface area contributed by atoms with E-state index in [1.165, 1.54) is 5.56 Å². The van der Waals surface area contributed by atoms with Crippen molar-refractivity contribution in [2.75, 3.05) is 0 Å². The molecule has 0 aliphatic rings. The Hall–Kier alpha value is -1.14. The van der Waals surface area contributed by atoms with E-state index in [0.29, 0.717) is 0 Å². The largest absolute Gasteiger partial charge is 0.106 e. The zero-order chi connectivity index (χ0) is 11.5. The summed E-state index contributed by atoms with van der Waals surface area (Å²) in [4.78, 5) is 2.40. The lowest BCUT2D eigenvalue weighted by Crippen LogP contribution is -1.67. The normalized spacial score (nSPS) is 6.53. The van der Waals surface area contributed by atoms with Gasteiger partial charge < -0.3 is 0 Å². The van der Waals surface area contributed by atoms with Gasteiger partial charge in [0.15, 0.2) is 0 Å².